The Morgan fingerprint density at radius 3 is 2.81 bits per heavy atom. The zero-order valence-electron chi connectivity index (χ0n) is 13.0. The smallest absolute Gasteiger partial charge is 0.301 e. The lowest BCUT2D eigenvalue weighted by Gasteiger charge is -2.30. The molecule has 0 fully saturated rings. The molecule has 0 aliphatic carbocycles. The van der Waals surface area contributed by atoms with Crippen LogP contribution in [0.3, 0.4) is 0 Å². The van der Waals surface area contributed by atoms with Gasteiger partial charge >= 0.3 is 10.2 Å². The topological polar surface area (TPSA) is 61.4 Å². The van der Waals surface area contributed by atoms with Gasteiger partial charge in [0.1, 0.15) is 0 Å². The number of anilines is 1. The molecule has 1 unspecified atom stereocenters. The van der Waals surface area contributed by atoms with Gasteiger partial charge in [0.25, 0.3) is 0 Å². The van der Waals surface area contributed by atoms with Gasteiger partial charge in [0.05, 0.1) is 5.69 Å². The van der Waals surface area contributed by atoms with Crippen LogP contribution in [0.15, 0.2) is 18.2 Å². The molecule has 118 valence electrons. The van der Waals surface area contributed by atoms with Crippen LogP contribution in [-0.2, 0) is 16.6 Å². The van der Waals surface area contributed by atoms with Crippen LogP contribution in [0, 0.1) is 0 Å². The molecular weight excluding hydrogens is 286 g/mol. The van der Waals surface area contributed by atoms with E-state index in [-0.39, 0.29) is 6.04 Å². The van der Waals surface area contributed by atoms with E-state index in [9.17, 15) is 8.42 Å². The van der Waals surface area contributed by atoms with E-state index in [0.29, 0.717) is 6.54 Å². The van der Waals surface area contributed by atoms with Gasteiger partial charge in [-0.3, -0.25) is 4.31 Å². The first-order valence-corrected chi connectivity index (χ1v) is 9.01. The predicted molar refractivity (Wildman–Crippen MR) is 86.8 cm³/mol. The maximum absolute atomic E-state index is 12.1. The average Bonchev–Trinajstić information content (AvgIpc) is 2.51. The molecule has 2 rings (SSSR count). The summed E-state index contributed by atoms with van der Waals surface area (Å²) in [7, 11) is -1.96. The third kappa shape index (κ3) is 3.56. The van der Waals surface area contributed by atoms with Crippen LogP contribution in [0.4, 0.5) is 5.69 Å². The van der Waals surface area contributed by atoms with Gasteiger partial charge in [0, 0.05) is 19.6 Å². The van der Waals surface area contributed by atoms with E-state index in [4.69, 9.17) is 0 Å². The van der Waals surface area contributed by atoms with Crippen molar-refractivity contribution in [3.05, 3.63) is 29.3 Å². The van der Waals surface area contributed by atoms with Crippen molar-refractivity contribution in [3.8, 4) is 0 Å². The van der Waals surface area contributed by atoms with Crippen molar-refractivity contribution in [3.63, 3.8) is 0 Å². The highest BCUT2D eigenvalue weighted by atomic mass is 32.2. The van der Waals surface area contributed by atoms with E-state index >= 15 is 0 Å². The van der Waals surface area contributed by atoms with Crippen molar-refractivity contribution in [2.24, 2.45) is 0 Å². The van der Waals surface area contributed by atoms with E-state index in [1.165, 1.54) is 16.9 Å². The summed E-state index contributed by atoms with van der Waals surface area (Å²) >= 11 is 0. The Morgan fingerprint density at radius 1 is 1.38 bits per heavy atom. The lowest BCUT2D eigenvalue weighted by molar-refractivity contribution is 0.568. The summed E-state index contributed by atoms with van der Waals surface area (Å²) in [4.78, 5) is 0. The van der Waals surface area contributed by atoms with Gasteiger partial charge in [-0.1, -0.05) is 19.1 Å². The fraction of sp³-hybridized carbons (Fsp3) is 0.600. The number of benzene rings is 1. The van der Waals surface area contributed by atoms with E-state index in [0.717, 1.165) is 37.1 Å². The van der Waals surface area contributed by atoms with Gasteiger partial charge in [-0.05, 0) is 49.9 Å². The van der Waals surface area contributed by atoms with Crippen molar-refractivity contribution >= 4 is 15.9 Å². The summed E-state index contributed by atoms with van der Waals surface area (Å²) in [5, 5.41) is 3.46. The molecule has 0 spiro atoms. The first kappa shape index (κ1) is 16.3. The second-order valence-electron chi connectivity index (χ2n) is 5.45. The first-order valence-electron chi connectivity index (χ1n) is 7.57. The molecule has 0 saturated carbocycles. The Bertz CT molecular complexity index is 587. The third-order valence-corrected chi connectivity index (χ3v) is 5.40. The number of aryl methyl sites for hydroxylation is 1. The van der Waals surface area contributed by atoms with Crippen molar-refractivity contribution in [1.29, 1.82) is 0 Å². The Balaban J connectivity index is 2.28. The summed E-state index contributed by atoms with van der Waals surface area (Å²) in [6.07, 6.45) is 2.89. The van der Waals surface area contributed by atoms with Gasteiger partial charge in [-0.25, -0.2) is 4.72 Å². The monoisotopic (exact) mass is 311 g/mol. The van der Waals surface area contributed by atoms with Crippen LogP contribution >= 0.6 is 0 Å². The lowest BCUT2D eigenvalue weighted by atomic mass is 9.98. The summed E-state index contributed by atoms with van der Waals surface area (Å²) in [5.74, 6) is 0. The molecule has 2 N–H and O–H groups in total. The van der Waals surface area contributed by atoms with Crippen LogP contribution in [0.25, 0.3) is 0 Å². The zero-order chi connectivity index (χ0) is 15.5. The van der Waals surface area contributed by atoms with Crippen molar-refractivity contribution < 1.29 is 8.42 Å². The van der Waals surface area contributed by atoms with Crippen molar-refractivity contribution in [2.75, 3.05) is 24.4 Å². The molecule has 1 aliphatic heterocycles. The number of rotatable bonds is 6. The maximum Gasteiger partial charge on any atom is 0.301 e. The minimum Gasteiger partial charge on any atom is -0.310 e. The molecule has 1 aliphatic rings. The molecule has 0 amide bonds. The number of hydrogen-bond donors (Lipinski definition) is 2. The molecule has 1 aromatic rings. The molecule has 1 heterocycles. The van der Waals surface area contributed by atoms with E-state index in [2.05, 4.69) is 30.0 Å². The molecule has 0 bridgehead atoms. The number of nitrogens with zero attached hydrogens (tertiary/aromatic N) is 1. The Kier molecular flexibility index (Phi) is 5.24. The molecule has 1 atom stereocenters. The normalized spacial score (nSPS) is 16.6. The molecule has 0 aromatic heterocycles. The molecule has 5 nitrogen and oxygen atoms in total. The van der Waals surface area contributed by atoms with Gasteiger partial charge in [0.2, 0.25) is 0 Å². The van der Waals surface area contributed by atoms with Crippen LogP contribution in [0.5, 0.6) is 0 Å². The minimum absolute atomic E-state index is 0.284. The van der Waals surface area contributed by atoms with Crippen LogP contribution in [0.2, 0.25) is 0 Å². The Morgan fingerprint density at radius 2 is 2.14 bits per heavy atom. The van der Waals surface area contributed by atoms with Crippen LogP contribution in [0.1, 0.15) is 43.9 Å². The van der Waals surface area contributed by atoms with Gasteiger partial charge < -0.3 is 5.32 Å². The van der Waals surface area contributed by atoms with E-state index < -0.39 is 10.2 Å². The SMILES string of the molecule is CCCNC(C)c1ccc2c(c1)CCCN2S(=O)(=O)NC. The largest absolute Gasteiger partial charge is 0.310 e. The number of fused-ring (bicyclic) bond motifs is 1. The fourth-order valence-corrected chi connectivity index (χ4v) is 3.72. The second kappa shape index (κ2) is 6.77. The van der Waals surface area contributed by atoms with Gasteiger partial charge in [-0.2, -0.15) is 8.42 Å². The Labute approximate surface area is 127 Å². The van der Waals surface area contributed by atoms with Crippen molar-refractivity contribution in [2.45, 2.75) is 39.2 Å². The fourth-order valence-electron chi connectivity index (χ4n) is 2.69. The maximum atomic E-state index is 12.1. The average molecular weight is 311 g/mol. The molecular formula is C15H25N3O2S. The summed E-state index contributed by atoms with van der Waals surface area (Å²) < 4.78 is 28.0. The zero-order valence-corrected chi connectivity index (χ0v) is 13.8. The number of hydrogen-bond acceptors (Lipinski definition) is 3. The van der Waals surface area contributed by atoms with Crippen molar-refractivity contribution in [1.82, 2.24) is 10.0 Å². The highest BCUT2D eigenvalue weighted by Gasteiger charge is 2.26. The van der Waals surface area contributed by atoms with Crippen LogP contribution < -0.4 is 14.3 Å². The quantitative estimate of drug-likeness (QED) is 0.844. The molecule has 1 aromatic carbocycles. The Hall–Kier alpha value is -1.11. The van der Waals surface area contributed by atoms with Crippen LogP contribution in [-0.4, -0.2) is 28.6 Å². The summed E-state index contributed by atoms with van der Waals surface area (Å²) in [6.45, 7) is 5.81. The second-order valence-corrected chi connectivity index (χ2v) is 7.25. The standard InChI is InChI=1S/C15H25N3O2S/c1-4-9-17-12(2)13-7-8-15-14(11-13)6-5-10-18(15)21(19,20)16-3/h7-8,11-12,16-17H,4-6,9-10H2,1-3H3. The highest BCUT2D eigenvalue weighted by Crippen LogP contribution is 2.31. The molecule has 6 heteroatoms. The first-order chi connectivity index (χ1) is 9.99. The third-order valence-electron chi connectivity index (χ3n) is 3.93. The predicted octanol–water partition coefficient (Wildman–Crippen LogP) is 1.96. The molecule has 0 saturated heterocycles. The molecule has 21 heavy (non-hydrogen) atoms. The molecule has 0 radical (unpaired) electrons. The van der Waals surface area contributed by atoms with E-state index in [1.807, 2.05) is 12.1 Å². The lowest BCUT2D eigenvalue weighted by Crippen LogP contribution is -2.42. The summed E-state index contributed by atoms with van der Waals surface area (Å²) in [6, 6.07) is 6.38. The highest BCUT2D eigenvalue weighted by molar-refractivity contribution is 7.90. The minimum atomic E-state index is -3.41. The summed E-state index contributed by atoms with van der Waals surface area (Å²) in [5.41, 5.74) is 3.13. The number of nitrogens with one attached hydrogen (secondary N) is 2. The van der Waals surface area contributed by atoms with Gasteiger partial charge in [0.15, 0.2) is 0 Å². The van der Waals surface area contributed by atoms with Gasteiger partial charge in [-0.15, -0.1) is 0 Å². The van der Waals surface area contributed by atoms with E-state index in [1.54, 1.807) is 0 Å².